The quantitative estimate of drug-likeness (QED) is 0.655. The molecule has 1 nitrogen and oxygen atoms in total. The molecule has 0 aliphatic rings. The van der Waals surface area contributed by atoms with Gasteiger partial charge in [-0.25, -0.2) is 0 Å². The highest BCUT2D eigenvalue weighted by Crippen LogP contribution is 2.03. The molecule has 0 aromatic carbocycles. The zero-order chi connectivity index (χ0) is 6.69. The van der Waals surface area contributed by atoms with E-state index in [-0.39, 0.29) is 24.8 Å². The van der Waals surface area contributed by atoms with Gasteiger partial charge < -0.3 is 0 Å². The van der Waals surface area contributed by atoms with Gasteiger partial charge in [-0.2, -0.15) is 0 Å². The predicted molar refractivity (Wildman–Crippen MR) is 53.0 cm³/mol. The number of hydrogen-bond donors (Lipinski definition) is 0. The second-order valence-corrected chi connectivity index (χ2v) is 2.27. The lowest BCUT2D eigenvalue weighted by atomic mass is 10.2. The zero-order valence-electron chi connectivity index (χ0n) is 6.08. The minimum Gasteiger partial charge on any atom is -0.264 e. The topological polar surface area (TPSA) is 12.9 Å². The maximum absolute atomic E-state index is 5.56. The molecule has 1 rings (SSSR count). The SMILES string of the molecule is Cc1cncc(CCl)c1.Cl.Cl. The fourth-order valence-corrected chi connectivity index (χ4v) is 0.837. The molecular formula is C7H10Cl3N. The van der Waals surface area contributed by atoms with Crippen LogP contribution in [0.4, 0.5) is 0 Å². The Morgan fingerprint density at radius 2 is 2.00 bits per heavy atom. The standard InChI is InChI=1S/C7H8ClN.2ClH/c1-6-2-7(3-8)5-9-4-6;;/h2,4-5H,3H2,1H3;2*1H. The molecule has 0 saturated carbocycles. The van der Waals surface area contributed by atoms with Gasteiger partial charge in [-0.1, -0.05) is 6.07 Å². The van der Waals surface area contributed by atoms with E-state index in [2.05, 4.69) is 4.98 Å². The molecular weight excluding hydrogens is 204 g/mol. The van der Waals surface area contributed by atoms with Crippen molar-refractivity contribution < 1.29 is 0 Å². The van der Waals surface area contributed by atoms with Gasteiger partial charge in [-0.15, -0.1) is 36.4 Å². The molecule has 0 amide bonds. The Morgan fingerprint density at radius 3 is 2.36 bits per heavy atom. The van der Waals surface area contributed by atoms with Crippen molar-refractivity contribution in [3.63, 3.8) is 0 Å². The van der Waals surface area contributed by atoms with E-state index in [0.29, 0.717) is 5.88 Å². The molecule has 11 heavy (non-hydrogen) atoms. The van der Waals surface area contributed by atoms with Crippen LogP contribution in [0, 0.1) is 6.92 Å². The molecule has 0 radical (unpaired) electrons. The van der Waals surface area contributed by atoms with Crippen molar-refractivity contribution in [2.24, 2.45) is 0 Å². The van der Waals surface area contributed by atoms with Gasteiger partial charge in [0, 0.05) is 18.3 Å². The van der Waals surface area contributed by atoms with Crippen LogP contribution in [0.1, 0.15) is 11.1 Å². The van der Waals surface area contributed by atoms with Crippen molar-refractivity contribution in [2.45, 2.75) is 12.8 Å². The first-order valence-electron chi connectivity index (χ1n) is 2.79. The summed E-state index contributed by atoms with van der Waals surface area (Å²) in [6, 6.07) is 2.03. The molecule has 0 unspecified atom stereocenters. The van der Waals surface area contributed by atoms with Gasteiger partial charge in [0.25, 0.3) is 0 Å². The van der Waals surface area contributed by atoms with Crippen LogP contribution < -0.4 is 0 Å². The number of hydrogen-bond acceptors (Lipinski definition) is 1. The molecule has 0 saturated heterocycles. The van der Waals surface area contributed by atoms with Gasteiger partial charge >= 0.3 is 0 Å². The Morgan fingerprint density at radius 1 is 1.36 bits per heavy atom. The highest BCUT2D eigenvalue weighted by atomic mass is 35.5. The molecule has 0 N–H and O–H groups in total. The van der Waals surface area contributed by atoms with Crippen molar-refractivity contribution >= 4 is 36.4 Å². The van der Waals surface area contributed by atoms with Crippen LogP contribution in [-0.2, 0) is 5.88 Å². The number of halogens is 3. The lowest BCUT2D eigenvalue weighted by molar-refractivity contribution is 1.20. The molecule has 1 heterocycles. The van der Waals surface area contributed by atoms with Crippen LogP contribution >= 0.6 is 36.4 Å². The van der Waals surface area contributed by atoms with Gasteiger partial charge in [-0.05, 0) is 18.1 Å². The van der Waals surface area contributed by atoms with E-state index >= 15 is 0 Å². The summed E-state index contributed by atoms with van der Waals surface area (Å²) < 4.78 is 0. The Balaban J connectivity index is 0. The van der Waals surface area contributed by atoms with Gasteiger partial charge in [0.15, 0.2) is 0 Å². The maximum atomic E-state index is 5.56. The lowest BCUT2D eigenvalue weighted by Gasteiger charge is -1.93. The summed E-state index contributed by atoms with van der Waals surface area (Å²) in [5, 5.41) is 0. The number of alkyl halides is 1. The summed E-state index contributed by atoms with van der Waals surface area (Å²) in [6.45, 7) is 2.00. The lowest BCUT2D eigenvalue weighted by Crippen LogP contribution is -1.81. The van der Waals surface area contributed by atoms with Gasteiger partial charge in [0.05, 0.1) is 0 Å². The van der Waals surface area contributed by atoms with Crippen molar-refractivity contribution in [3.8, 4) is 0 Å². The first-order chi connectivity index (χ1) is 4.33. The van der Waals surface area contributed by atoms with E-state index in [1.807, 2.05) is 19.2 Å². The van der Waals surface area contributed by atoms with Crippen LogP contribution in [0.25, 0.3) is 0 Å². The van der Waals surface area contributed by atoms with Crippen molar-refractivity contribution in [3.05, 3.63) is 29.6 Å². The van der Waals surface area contributed by atoms with Crippen LogP contribution in [0.15, 0.2) is 18.5 Å². The van der Waals surface area contributed by atoms with E-state index in [9.17, 15) is 0 Å². The summed E-state index contributed by atoms with van der Waals surface area (Å²) in [5.74, 6) is 0.550. The monoisotopic (exact) mass is 213 g/mol. The zero-order valence-corrected chi connectivity index (χ0v) is 8.47. The van der Waals surface area contributed by atoms with Crippen LogP contribution in [0.2, 0.25) is 0 Å². The molecule has 1 aromatic heterocycles. The van der Waals surface area contributed by atoms with E-state index in [0.717, 1.165) is 11.1 Å². The predicted octanol–water partition coefficient (Wildman–Crippen LogP) is 2.97. The third kappa shape index (κ3) is 4.46. The van der Waals surface area contributed by atoms with Crippen LogP contribution in [-0.4, -0.2) is 4.98 Å². The summed E-state index contributed by atoms with van der Waals surface area (Å²) >= 11 is 5.56. The average molecular weight is 215 g/mol. The second-order valence-electron chi connectivity index (χ2n) is 2.00. The summed E-state index contributed by atoms with van der Waals surface area (Å²) in [5.41, 5.74) is 2.24. The van der Waals surface area contributed by atoms with Crippen molar-refractivity contribution in [1.29, 1.82) is 0 Å². The molecule has 0 atom stereocenters. The molecule has 0 aliphatic heterocycles. The summed E-state index contributed by atoms with van der Waals surface area (Å²) in [6.07, 6.45) is 3.59. The highest BCUT2D eigenvalue weighted by molar-refractivity contribution is 6.17. The van der Waals surface area contributed by atoms with Crippen molar-refractivity contribution in [2.75, 3.05) is 0 Å². The molecule has 4 heteroatoms. The average Bonchev–Trinajstić information content (AvgIpc) is 1.88. The van der Waals surface area contributed by atoms with Gasteiger partial charge in [0.2, 0.25) is 0 Å². The first kappa shape index (κ1) is 13.6. The third-order valence-corrected chi connectivity index (χ3v) is 1.39. The molecule has 0 bridgehead atoms. The molecule has 0 aliphatic carbocycles. The number of aryl methyl sites for hydroxylation is 1. The van der Waals surface area contributed by atoms with Crippen LogP contribution in [0.5, 0.6) is 0 Å². The smallest absolute Gasteiger partial charge is 0.0489 e. The van der Waals surface area contributed by atoms with E-state index in [1.165, 1.54) is 0 Å². The fraction of sp³-hybridized carbons (Fsp3) is 0.286. The molecule has 1 aromatic rings. The fourth-order valence-electron chi connectivity index (χ4n) is 0.691. The molecule has 64 valence electrons. The number of aromatic nitrogens is 1. The Hall–Kier alpha value is 0.0200. The van der Waals surface area contributed by atoms with E-state index in [4.69, 9.17) is 11.6 Å². The van der Waals surface area contributed by atoms with Gasteiger partial charge in [-0.3, -0.25) is 4.98 Å². The summed E-state index contributed by atoms with van der Waals surface area (Å²) in [7, 11) is 0. The number of rotatable bonds is 1. The van der Waals surface area contributed by atoms with Crippen LogP contribution in [0.3, 0.4) is 0 Å². The minimum absolute atomic E-state index is 0. The van der Waals surface area contributed by atoms with Crippen molar-refractivity contribution in [1.82, 2.24) is 4.98 Å². The first-order valence-corrected chi connectivity index (χ1v) is 3.33. The van der Waals surface area contributed by atoms with Gasteiger partial charge in [0.1, 0.15) is 0 Å². The Bertz CT molecular complexity index is 203. The minimum atomic E-state index is 0. The Labute approximate surface area is 84.0 Å². The normalized spacial score (nSPS) is 7.82. The molecule has 0 spiro atoms. The maximum Gasteiger partial charge on any atom is 0.0489 e. The highest BCUT2D eigenvalue weighted by Gasteiger charge is 1.88. The Kier molecular flexibility index (Phi) is 8.30. The summed E-state index contributed by atoms with van der Waals surface area (Å²) in [4.78, 5) is 3.97. The van der Waals surface area contributed by atoms with E-state index < -0.39 is 0 Å². The largest absolute Gasteiger partial charge is 0.264 e. The number of pyridine rings is 1. The third-order valence-electron chi connectivity index (χ3n) is 1.09. The van der Waals surface area contributed by atoms with E-state index in [1.54, 1.807) is 6.20 Å². The number of nitrogens with zero attached hydrogens (tertiary/aromatic N) is 1. The second kappa shape index (κ2) is 6.71. The molecule has 0 fully saturated rings.